The Morgan fingerprint density at radius 2 is 2.23 bits per heavy atom. The van der Waals surface area contributed by atoms with E-state index in [1.165, 1.54) is 5.56 Å². The summed E-state index contributed by atoms with van der Waals surface area (Å²) < 4.78 is 13.3. The Bertz CT molecular complexity index is 621. The third kappa shape index (κ3) is 2.91. The number of morpholine rings is 1. The molecule has 1 aliphatic rings. The van der Waals surface area contributed by atoms with Gasteiger partial charge in [0.2, 0.25) is 0 Å². The number of hydrogen-bond acceptors (Lipinski definition) is 6. The van der Waals surface area contributed by atoms with Crippen LogP contribution in [0.1, 0.15) is 42.8 Å². The van der Waals surface area contributed by atoms with Gasteiger partial charge >= 0.3 is 0 Å². The summed E-state index contributed by atoms with van der Waals surface area (Å²) in [6.07, 6.45) is 2.63. The van der Waals surface area contributed by atoms with Crippen molar-refractivity contribution in [2.24, 2.45) is 0 Å². The molecule has 7 heteroatoms. The van der Waals surface area contributed by atoms with Crippen LogP contribution in [0, 0.1) is 6.92 Å². The van der Waals surface area contributed by atoms with Crippen LogP contribution in [0.2, 0.25) is 0 Å². The SMILES string of the molecule is CCc1noc(C)c1CN1CCOC(c2nncn2CC)C1. The molecule has 0 spiro atoms. The molecule has 2 aromatic heterocycles. The minimum atomic E-state index is -0.0264. The summed E-state index contributed by atoms with van der Waals surface area (Å²) in [7, 11) is 0. The van der Waals surface area contributed by atoms with Crippen molar-refractivity contribution in [2.75, 3.05) is 19.7 Å². The Morgan fingerprint density at radius 1 is 1.36 bits per heavy atom. The molecule has 22 heavy (non-hydrogen) atoms. The van der Waals surface area contributed by atoms with Crippen LogP contribution in [0.3, 0.4) is 0 Å². The summed E-state index contributed by atoms with van der Waals surface area (Å²) in [5.74, 6) is 1.82. The monoisotopic (exact) mass is 305 g/mol. The van der Waals surface area contributed by atoms with Gasteiger partial charge in [-0.05, 0) is 20.3 Å². The van der Waals surface area contributed by atoms with E-state index in [1.807, 2.05) is 11.5 Å². The zero-order valence-corrected chi connectivity index (χ0v) is 13.4. The van der Waals surface area contributed by atoms with Gasteiger partial charge in [0.05, 0.1) is 12.3 Å². The molecule has 1 fully saturated rings. The number of aromatic nitrogens is 4. The van der Waals surface area contributed by atoms with E-state index in [0.29, 0.717) is 6.61 Å². The standard InChI is InChI=1S/C15H23N5O2/c1-4-13-12(11(3)22-18-13)8-19-6-7-21-14(9-19)15-17-16-10-20(15)5-2/h10,14H,4-9H2,1-3H3. The van der Waals surface area contributed by atoms with E-state index in [-0.39, 0.29) is 6.10 Å². The fourth-order valence-corrected chi connectivity index (χ4v) is 2.90. The van der Waals surface area contributed by atoms with Crippen LogP contribution in [0.4, 0.5) is 0 Å². The van der Waals surface area contributed by atoms with Crippen LogP contribution in [0.15, 0.2) is 10.9 Å². The van der Waals surface area contributed by atoms with Gasteiger partial charge in [-0.25, -0.2) is 0 Å². The first-order chi connectivity index (χ1) is 10.7. The van der Waals surface area contributed by atoms with E-state index in [4.69, 9.17) is 9.26 Å². The molecule has 0 amide bonds. The molecule has 1 saturated heterocycles. The summed E-state index contributed by atoms with van der Waals surface area (Å²) in [6.45, 7) is 10.3. The first-order valence-corrected chi connectivity index (χ1v) is 7.88. The maximum Gasteiger partial charge on any atom is 0.163 e. The molecule has 0 radical (unpaired) electrons. The van der Waals surface area contributed by atoms with Gasteiger partial charge in [0, 0.05) is 31.7 Å². The molecule has 0 bridgehead atoms. The third-order valence-electron chi connectivity index (χ3n) is 4.21. The van der Waals surface area contributed by atoms with Gasteiger partial charge in [0.1, 0.15) is 18.2 Å². The Labute approximate surface area is 130 Å². The van der Waals surface area contributed by atoms with E-state index in [2.05, 4.69) is 34.1 Å². The molecular formula is C15H23N5O2. The minimum Gasteiger partial charge on any atom is -0.368 e. The third-order valence-corrected chi connectivity index (χ3v) is 4.21. The molecule has 120 valence electrons. The van der Waals surface area contributed by atoms with E-state index >= 15 is 0 Å². The van der Waals surface area contributed by atoms with E-state index in [9.17, 15) is 0 Å². The molecule has 1 unspecified atom stereocenters. The highest BCUT2D eigenvalue weighted by Gasteiger charge is 2.27. The quantitative estimate of drug-likeness (QED) is 0.838. The fraction of sp³-hybridized carbons (Fsp3) is 0.667. The zero-order valence-electron chi connectivity index (χ0n) is 13.4. The van der Waals surface area contributed by atoms with Crippen LogP contribution in [-0.4, -0.2) is 44.5 Å². The maximum absolute atomic E-state index is 5.90. The summed E-state index contributed by atoms with van der Waals surface area (Å²) in [4.78, 5) is 2.38. The molecule has 3 heterocycles. The molecule has 0 aromatic carbocycles. The summed E-state index contributed by atoms with van der Waals surface area (Å²) in [6, 6.07) is 0. The lowest BCUT2D eigenvalue weighted by Gasteiger charge is -2.32. The first-order valence-electron chi connectivity index (χ1n) is 7.88. The Kier molecular flexibility index (Phi) is 4.54. The maximum atomic E-state index is 5.90. The summed E-state index contributed by atoms with van der Waals surface area (Å²) in [5, 5.41) is 12.4. The highest BCUT2D eigenvalue weighted by molar-refractivity contribution is 5.22. The summed E-state index contributed by atoms with van der Waals surface area (Å²) >= 11 is 0. The Morgan fingerprint density at radius 3 is 3.00 bits per heavy atom. The van der Waals surface area contributed by atoms with Gasteiger partial charge < -0.3 is 13.8 Å². The van der Waals surface area contributed by atoms with Crippen molar-refractivity contribution in [1.82, 2.24) is 24.8 Å². The lowest BCUT2D eigenvalue weighted by Crippen LogP contribution is -2.39. The van der Waals surface area contributed by atoms with Crippen molar-refractivity contribution >= 4 is 0 Å². The van der Waals surface area contributed by atoms with Gasteiger partial charge in [0.15, 0.2) is 5.82 Å². The summed E-state index contributed by atoms with van der Waals surface area (Å²) in [5.41, 5.74) is 2.26. The van der Waals surface area contributed by atoms with Gasteiger partial charge in [-0.2, -0.15) is 0 Å². The van der Waals surface area contributed by atoms with Crippen molar-refractivity contribution in [3.8, 4) is 0 Å². The molecule has 1 aliphatic heterocycles. The molecule has 7 nitrogen and oxygen atoms in total. The second-order valence-electron chi connectivity index (χ2n) is 5.59. The Balaban J connectivity index is 1.72. The van der Waals surface area contributed by atoms with E-state index in [1.54, 1.807) is 6.33 Å². The van der Waals surface area contributed by atoms with Crippen LogP contribution in [0.25, 0.3) is 0 Å². The largest absolute Gasteiger partial charge is 0.368 e. The molecular weight excluding hydrogens is 282 g/mol. The highest BCUT2D eigenvalue weighted by atomic mass is 16.5. The van der Waals surface area contributed by atoms with Crippen molar-refractivity contribution in [2.45, 2.75) is 46.4 Å². The van der Waals surface area contributed by atoms with Gasteiger partial charge in [0.25, 0.3) is 0 Å². The van der Waals surface area contributed by atoms with E-state index in [0.717, 1.165) is 49.9 Å². The molecule has 2 aromatic rings. The van der Waals surface area contributed by atoms with Crippen molar-refractivity contribution in [3.05, 3.63) is 29.2 Å². The lowest BCUT2D eigenvalue weighted by atomic mass is 10.1. The Hall–Kier alpha value is -1.73. The number of nitrogens with zero attached hydrogens (tertiary/aromatic N) is 5. The molecule has 0 saturated carbocycles. The van der Waals surface area contributed by atoms with Crippen LogP contribution >= 0.6 is 0 Å². The van der Waals surface area contributed by atoms with Crippen molar-refractivity contribution < 1.29 is 9.26 Å². The van der Waals surface area contributed by atoms with Gasteiger partial charge in [-0.3, -0.25) is 4.90 Å². The molecule has 0 aliphatic carbocycles. The fourth-order valence-electron chi connectivity index (χ4n) is 2.90. The number of hydrogen-bond donors (Lipinski definition) is 0. The minimum absolute atomic E-state index is 0.0264. The predicted molar refractivity (Wildman–Crippen MR) is 80.3 cm³/mol. The second-order valence-corrected chi connectivity index (χ2v) is 5.59. The smallest absolute Gasteiger partial charge is 0.163 e. The number of rotatable bonds is 5. The molecule has 3 rings (SSSR count). The molecule has 0 N–H and O–H groups in total. The van der Waals surface area contributed by atoms with Crippen molar-refractivity contribution in [1.29, 1.82) is 0 Å². The first kappa shape index (κ1) is 15.2. The van der Waals surface area contributed by atoms with Crippen LogP contribution in [0.5, 0.6) is 0 Å². The van der Waals surface area contributed by atoms with Crippen LogP contribution in [-0.2, 0) is 24.2 Å². The number of ether oxygens (including phenoxy) is 1. The zero-order chi connectivity index (χ0) is 15.5. The van der Waals surface area contributed by atoms with Gasteiger partial charge in [-0.15, -0.1) is 10.2 Å². The topological polar surface area (TPSA) is 69.2 Å². The second kappa shape index (κ2) is 6.58. The highest BCUT2D eigenvalue weighted by Crippen LogP contribution is 2.23. The van der Waals surface area contributed by atoms with Crippen LogP contribution < -0.4 is 0 Å². The number of aryl methyl sites for hydroxylation is 3. The molecule has 1 atom stereocenters. The average molecular weight is 305 g/mol. The lowest BCUT2D eigenvalue weighted by molar-refractivity contribution is -0.0390. The van der Waals surface area contributed by atoms with Gasteiger partial charge in [-0.1, -0.05) is 12.1 Å². The predicted octanol–water partition coefficient (Wildman–Crippen LogP) is 1.73. The normalized spacial score (nSPS) is 19.7. The van der Waals surface area contributed by atoms with Crippen molar-refractivity contribution in [3.63, 3.8) is 0 Å². The van der Waals surface area contributed by atoms with E-state index < -0.39 is 0 Å². The average Bonchev–Trinajstić information content (AvgIpc) is 3.15.